The van der Waals surface area contributed by atoms with Gasteiger partial charge in [-0.25, -0.2) is 0 Å². The number of H-pyrrole nitrogens is 1. The second-order valence-electron chi connectivity index (χ2n) is 8.13. The van der Waals surface area contributed by atoms with E-state index in [0.29, 0.717) is 6.42 Å². The molecule has 0 unspecified atom stereocenters. The molecule has 0 radical (unpaired) electrons. The van der Waals surface area contributed by atoms with Crippen LogP contribution in [0.5, 0.6) is 0 Å². The molecule has 22 heavy (non-hydrogen) atoms. The van der Waals surface area contributed by atoms with Crippen LogP contribution >= 0.6 is 0 Å². The summed E-state index contributed by atoms with van der Waals surface area (Å²) in [6, 6.07) is 5.90. The second-order valence-corrected chi connectivity index (χ2v) is 8.13. The SMILES string of the molecule is CC1(C)CC(=O)c2c([nH]c(-c3ccccn3)c2C(C)(C)C)C1. The Morgan fingerprint density at radius 2 is 1.91 bits per heavy atom. The van der Waals surface area contributed by atoms with Crippen molar-refractivity contribution in [3.8, 4) is 11.4 Å². The number of aromatic nitrogens is 2. The standard InChI is InChI=1S/C19H24N2O/c1-18(2,3)16-15-13(10-19(4,5)11-14(15)22)21-17(16)12-8-6-7-9-20-12/h6-9,21H,10-11H2,1-5H3. The van der Waals surface area contributed by atoms with Crippen molar-refractivity contribution in [3.05, 3.63) is 41.2 Å². The molecule has 2 heterocycles. The third-order valence-electron chi connectivity index (χ3n) is 4.32. The third-order valence-corrected chi connectivity index (χ3v) is 4.32. The van der Waals surface area contributed by atoms with Gasteiger partial charge in [0.15, 0.2) is 5.78 Å². The van der Waals surface area contributed by atoms with Crippen LogP contribution in [-0.2, 0) is 11.8 Å². The molecule has 0 bridgehead atoms. The average Bonchev–Trinajstić information content (AvgIpc) is 2.77. The van der Waals surface area contributed by atoms with Crippen molar-refractivity contribution in [1.29, 1.82) is 0 Å². The minimum atomic E-state index is -0.103. The van der Waals surface area contributed by atoms with Gasteiger partial charge in [-0.05, 0) is 34.9 Å². The molecule has 0 fully saturated rings. The summed E-state index contributed by atoms with van der Waals surface area (Å²) in [6.07, 6.45) is 3.32. The maximum Gasteiger partial charge on any atom is 0.165 e. The second kappa shape index (κ2) is 4.80. The van der Waals surface area contributed by atoms with Crippen LogP contribution in [0.15, 0.2) is 24.4 Å². The number of hydrogen-bond acceptors (Lipinski definition) is 2. The molecular formula is C19H24N2O. The van der Waals surface area contributed by atoms with Crippen molar-refractivity contribution >= 4 is 5.78 Å². The Hall–Kier alpha value is -1.90. The summed E-state index contributed by atoms with van der Waals surface area (Å²) in [5.41, 5.74) is 4.93. The Labute approximate surface area is 132 Å². The zero-order valence-electron chi connectivity index (χ0n) is 14.1. The van der Waals surface area contributed by atoms with Gasteiger partial charge in [0.25, 0.3) is 0 Å². The van der Waals surface area contributed by atoms with Gasteiger partial charge >= 0.3 is 0 Å². The van der Waals surface area contributed by atoms with Crippen LogP contribution in [0, 0.1) is 5.41 Å². The Morgan fingerprint density at radius 1 is 1.18 bits per heavy atom. The van der Waals surface area contributed by atoms with Crippen LogP contribution in [0.1, 0.15) is 62.7 Å². The van der Waals surface area contributed by atoms with Crippen molar-refractivity contribution in [3.63, 3.8) is 0 Å². The van der Waals surface area contributed by atoms with Gasteiger partial charge in [-0.3, -0.25) is 9.78 Å². The number of aromatic amines is 1. The average molecular weight is 296 g/mol. The van der Waals surface area contributed by atoms with Crippen LogP contribution in [-0.4, -0.2) is 15.8 Å². The van der Waals surface area contributed by atoms with Gasteiger partial charge in [-0.15, -0.1) is 0 Å². The van der Waals surface area contributed by atoms with E-state index in [1.54, 1.807) is 6.20 Å². The molecule has 0 aromatic carbocycles. The zero-order chi connectivity index (χ0) is 16.1. The lowest BCUT2D eigenvalue weighted by Gasteiger charge is -2.30. The number of nitrogens with zero attached hydrogens (tertiary/aromatic N) is 1. The fourth-order valence-electron chi connectivity index (χ4n) is 3.51. The number of fused-ring (bicyclic) bond motifs is 1. The molecule has 116 valence electrons. The minimum Gasteiger partial charge on any atom is -0.356 e. The number of ketones is 1. The Kier molecular flexibility index (Phi) is 3.28. The Bertz CT molecular complexity index is 718. The number of pyridine rings is 1. The predicted molar refractivity (Wildman–Crippen MR) is 89.2 cm³/mol. The number of carbonyl (C=O) groups excluding carboxylic acids is 1. The van der Waals surface area contributed by atoms with Crippen molar-refractivity contribution in [1.82, 2.24) is 9.97 Å². The number of Topliss-reactive ketones (excluding diaryl/α,β-unsaturated/α-hetero) is 1. The molecule has 3 rings (SSSR count). The fraction of sp³-hybridized carbons (Fsp3) is 0.474. The van der Waals surface area contributed by atoms with E-state index in [0.717, 1.165) is 34.6 Å². The van der Waals surface area contributed by atoms with Crippen LogP contribution < -0.4 is 0 Å². The highest BCUT2D eigenvalue weighted by Crippen LogP contribution is 2.43. The fourth-order valence-corrected chi connectivity index (χ4v) is 3.51. The van der Waals surface area contributed by atoms with Crippen LogP contribution in [0.2, 0.25) is 0 Å². The molecule has 0 aliphatic heterocycles. The molecule has 1 N–H and O–H groups in total. The molecule has 1 aliphatic carbocycles. The highest BCUT2D eigenvalue weighted by molar-refractivity contribution is 6.02. The number of rotatable bonds is 1. The van der Waals surface area contributed by atoms with Crippen LogP contribution in [0.4, 0.5) is 0 Å². The maximum atomic E-state index is 12.8. The van der Waals surface area contributed by atoms with E-state index in [4.69, 9.17) is 0 Å². The van der Waals surface area contributed by atoms with Gasteiger partial charge in [-0.2, -0.15) is 0 Å². The first-order valence-electron chi connectivity index (χ1n) is 7.89. The van der Waals surface area contributed by atoms with Gasteiger partial charge in [0.2, 0.25) is 0 Å². The van der Waals surface area contributed by atoms with Crippen molar-refractivity contribution in [2.24, 2.45) is 5.41 Å². The summed E-state index contributed by atoms with van der Waals surface area (Å²) in [4.78, 5) is 20.8. The highest BCUT2D eigenvalue weighted by Gasteiger charge is 2.38. The van der Waals surface area contributed by atoms with E-state index in [-0.39, 0.29) is 16.6 Å². The molecule has 0 saturated heterocycles. The molecule has 1 aliphatic rings. The van der Waals surface area contributed by atoms with Crippen molar-refractivity contribution in [2.75, 3.05) is 0 Å². The molecular weight excluding hydrogens is 272 g/mol. The number of nitrogens with one attached hydrogen (secondary N) is 1. The summed E-state index contributed by atoms with van der Waals surface area (Å²) in [5.74, 6) is 0.259. The highest BCUT2D eigenvalue weighted by atomic mass is 16.1. The normalized spacial score (nSPS) is 17.4. The third kappa shape index (κ3) is 2.49. The lowest BCUT2D eigenvalue weighted by molar-refractivity contribution is 0.0909. The molecule has 3 heteroatoms. The first kappa shape index (κ1) is 15.0. The summed E-state index contributed by atoms with van der Waals surface area (Å²) in [7, 11) is 0. The van der Waals surface area contributed by atoms with Crippen LogP contribution in [0.3, 0.4) is 0 Å². The van der Waals surface area contributed by atoms with E-state index in [2.05, 4.69) is 44.6 Å². The maximum absolute atomic E-state index is 12.8. The lowest BCUT2D eigenvalue weighted by Crippen LogP contribution is -2.28. The monoisotopic (exact) mass is 296 g/mol. The van der Waals surface area contributed by atoms with Gasteiger partial charge in [0.1, 0.15) is 0 Å². The van der Waals surface area contributed by atoms with E-state index < -0.39 is 0 Å². The first-order chi connectivity index (χ1) is 10.2. The lowest BCUT2D eigenvalue weighted by atomic mass is 9.72. The molecule has 0 saturated carbocycles. The topological polar surface area (TPSA) is 45.8 Å². The molecule has 0 amide bonds. The zero-order valence-corrected chi connectivity index (χ0v) is 14.1. The largest absolute Gasteiger partial charge is 0.356 e. The number of carbonyl (C=O) groups is 1. The Morgan fingerprint density at radius 3 is 2.50 bits per heavy atom. The van der Waals surface area contributed by atoms with Crippen molar-refractivity contribution in [2.45, 2.75) is 52.9 Å². The van der Waals surface area contributed by atoms with Gasteiger partial charge in [0.05, 0.1) is 11.4 Å². The smallest absolute Gasteiger partial charge is 0.165 e. The summed E-state index contributed by atoms with van der Waals surface area (Å²) in [5, 5.41) is 0. The quantitative estimate of drug-likeness (QED) is 0.840. The van der Waals surface area contributed by atoms with Gasteiger partial charge in [0, 0.05) is 23.9 Å². The van der Waals surface area contributed by atoms with E-state index in [9.17, 15) is 4.79 Å². The Balaban J connectivity index is 2.27. The van der Waals surface area contributed by atoms with Gasteiger partial charge < -0.3 is 4.98 Å². The summed E-state index contributed by atoms with van der Waals surface area (Å²) >= 11 is 0. The number of hydrogen-bond donors (Lipinski definition) is 1. The molecule has 3 nitrogen and oxygen atoms in total. The molecule has 2 aromatic heterocycles. The van der Waals surface area contributed by atoms with E-state index >= 15 is 0 Å². The van der Waals surface area contributed by atoms with Crippen LogP contribution in [0.25, 0.3) is 11.4 Å². The van der Waals surface area contributed by atoms with Gasteiger partial charge in [-0.1, -0.05) is 40.7 Å². The van der Waals surface area contributed by atoms with E-state index in [1.807, 2.05) is 18.2 Å². The predicted octanol–water partition coefficient (Wildman–Crippen LogP) is 4.53. The summed E-state index contributed by atoms with van der Waals surface area (Å²) in [6.45, 7) is 10.8. The molecule has 0 atom stereocenters. The molecule has 0 spiro atoms. The van der Waals surface area contributed by atoms with E-state index in [1.165, 1.54) is 0 Å². The molecule has 2 aromatic rings. The summed E-state index contributed by atoms with van der Waals surface area (Å²) < 4.78 is 0. The first-order valence-corrected chi connectivity index (χ1v) is 7.89. The van der Waals surface area contributed by atoms with Crippen molar-refractivity contribution < 1.29 is 4.79 Å². The minimum absolute atomic E-state index is 0.0193.